The van der Waals surface area contributed by atoms with Crippen molar-refractivity contribution in [1.29, 1.82) is 0 Å². The highest BCUT2D eigenvalue weighted by Gasteiger charge is 2.28. The van der Waals surface area contributed by atoms with Crippen LogP contribution in [-0.2, 0) is 19.4 Å². The zero-order chi connectivity index (χ0) is 24.2. The zero-order valence-corrected chi connectivity index (χ0v) is 21.2. The molecule has 1 aromatic carbocycles. The lowest BCUT2D eigenvalue weighted by Gasteiger charge is -2.40. The highest BCUT2D eigenvalue weighted by Crippen LogP contribution is 2.33. The van der Waals surface area contributed by atoms with Gasteiger partial charge in [0, 0.05) is 47.7 Å². The molecule has 2 aromatic rings. The van der Waals surface area contributed by atoms with E-state index in [1.165, 1.54) is 31.4 Å². The summed E-state index contributed by atoms with van der Waals surface area (Å²) in [6.45, 7) is 5.35. The van der Waals surface area contributed by atoms with Crippen LogP contribution in [-0.4, -0.2) is 48.5 Å². The second kappa shape index (κ2) is 10.8. The average molecular weight is 465 g/mol. The van der Waals surface area contributed by atoms with Crippen LogP contribution in [0.1, 0.15) is 78.2 Å². The number of aromatic amines is 1. The third-order valence-electron chi connectivity index (χ3n) is 7.80. The molecule has 1 amide bonds. The molecule has 0 radical (unpaired) electrons. The summed E-state index contributed by atoms with van der Waals surface area (Å²) >= 11 is 0. The number of carbonyl (C=O) groups is 1. The molecule has 1 fully saturated rings. The van der Waals surface area contributed by atoms with Gasteiger partial charge in [0.1, 0.15) is 0 Å². The normalized spacial score (nSPS) is 21.3. The van der Waals surface area contributed by atoms with Crippen LogP contribution in [0.25, 0.3) is 0 Å². The van der Waals surface area contributed by atoms with Crippen LogP contribution in [0.3, 0.4) is 0 Å². The minimum absolute atomic E-state index is 0.0861. The number of nitrogens with zero attached hydrogens (tertiary/aromatic N) is 2. The Morgan fingerprint density at radius 2 is 1.68 bits per heavy atom. The summed E-state index contributed by atoms with van der Waals surface area (Å²) < 4.78 is 0. The number of aromatic nitrogens is 1. The number of nitrogens with one attached hydrogen (secondary N) is 2. The van der Waals surface area contributed by atoms with Gasteiger partial charge in [0.15, 0.2) is 0 Å². The van der Waals surface area contributed by atoms with Crippen molar-refractivity contribution in [3.05, 3.63) is 62.6 Å². The smallest absolute Gasteiger partial charge is 0.253 e. The van der Waals surface area contributed by atoms with E-state index in [1.54, 1.807) is 0 Å². The second-order valence-electron chi connectivity index (χ2n) is 10.2. The molecule has 0 atom stereocenters. The summed E-state index contributed by atoms with van der Waals surface area (Å²) in [5, 5.41) is 3.05. The molecular formula is C28H40N4O2. The van der Waals surface area contributed by atoms with Crippen LogP contribution >= 0.6 is 0 Å². The van der Waals surface area contributed by atoms with Crippen molar-refractivity contribution in [2.75, 3.05) is 25.5 Å². The van der Waals surface area contributed by atoms with Gasteiger partial charge in [0.05, 0.1) is 0 Å². The molecule has 0 unspecified atom stereocenters. The van der Waals surface area contributed by atoms with E-state index in [2.05, 4.69) is 53.3 Å². The summed E-state index contributed by atoms with van der Waals surface area (Å²) in [7, 11) is 4.37. The number of fused-ring (bicyclic) bond motifs is 2. The van der Waals surface area contributed by atoms with Crippen LogP contribution < -0.4 is 15.8 Å². The van der Waals surface area contributed by atoms with E-state index in [-0.39, 0.29) is 18.0 Å². The van der Waals surface area contributed by atoms with Crippen LogP contribution in [0.15, 0.2) is 29.1 Å². The third-order valence-corrected chi connectivity index (χ3v) is 7.80. The lowest BCUT2D eigenvalue weighted by Crippen LogP contribution is -2.42. The number of anilines is 1. The van der Waals surface area contributed by atoms with Crippen LogP contribution in [0.2, 0.25) is 0 Å². The Morgan fingerprint density at radius 3 is 2.38 bits per heavy atom. The maximum absolute atomic E-state index is 13.3. The standard InChI is InChI=1S/C28H40N4O2/c1-5-32(22-15-13-21(14-16-22)31(3)4)26-12-8-11-24-23(26)10-7-6-9-20-17-19(2)30-28(34)25(20)18-29-27(24)33/h8,11-12,17,21-22H,5-7,9-10,13-16,18H2,1-4H3,(H,29,33)(H,30,34). The molecule has 1 aromatic heterocycles. The first-order chi connectivity index (χ1) is 16.4. The van der Waals surface area contributed by atoms with Crippen molar-refractivity contribution in [2.45, 2.75) is 83.8 Å². The Kier molecular flexibility index (Phi) is 7.77. The molecule has 1 aliphatic heterocycles. The molecule has 2 aliphatic rings. The van der Waals surface area contributed by atoms with Gasteiger partial charge >= 0.3 is 0 Å². The number of rotatable bonds is 4. The lowest BCUT2D eigenvalue weighted by atomic mass is 9.88. The van der Waals surface area contributed by atoms with E-state index in [4.69, 9.17) is 0 Å². The molecule has 0 saturated heterocycles. The number of hydrogen-bond acceptors (Lipinski definition) is 4. The Bertz CT molecular complexity index is 1070. The molecule has 1 saturated carbocycles. The highest BCUT2D eigenvalue weighted by molar-refractivity contribution is 5.97. The van der Waals surface area contributed by atoms with E-state index >= 15 is 0 Å². The van der Waals surface area contributed by atoms with Gasteiger partial charge in [-0.3, -0.25) is 9.59 Å². The quantitative estimate of drug-likeness (QED) is 0.712. The molecule has 0 bridgehead atoms. The van der Waals surface area contributed by atoms with Gasteiger partial charge in [-0.1, -0.05) is 6.07 Å². The molecule has 0 spiro atoms. The predicted molar refractivity (Wildman–Crippen MR) is 139 cm³/mol. The molecule has 4 rings (SSSR count). The first-order valence-electron chi connectivity index (χ1n) is 12.9. The van der Waals surface area contributed by atoms with Gasteiger partial charge in [-0.2, -0.15) is 0 Å². The maximum atomic E-state index is 13.3. The molecule has 34 heavy (non-hydrogen) atoms. The van der Waals surface area contributed by atoms with Crippen molar-refractivity contribution in [2.24, 2.45) is 0 Å². The van der Waals surface area contributed by atoms with Crippen LogP contribution in [0, 0.1) is 6.92 Å². The number of carbonyl (C=O) groups excluding carboxylic acids is 1. The SMILES string of the molecule is CCN(c1cccc2c1CCCCc1cc(C)[nH]c(=O)c1CNC2=O)C1CCC(N(C)C)CC1. The fraction of sp³-hybridized carbons (Fsp3) is 0.571. The summed E-state index contributed by atoms with van der Waals surface area (Å²) in [5.74, 6) is -0.0861. The van der Waals surface area contributed by atoms with Crippen LogP contribution in [0.5, 0.6) is 0 Å². The second-order valence-corrected chi connectivity index (χ2v) is 10.2. The van der Waals surface area contributed by atoms with Crippen LogP contribution in [0.4, 0.5) is 5.69 Å². The number of amides is 1. The van der Waals surface area contributed by atoms with Gasteiger partial charge in [0.25, 0.3) is 11.5 Å². The summed E-state index contributed by atoms with van der Waals surface area (Å²) in [4.78, 5) is 33.7. The monoisotopic (exact) mass is 464 g/mol. The molecule has 6 heteroatoms. The topological polar surface area (TPSA) is 68.4 Å². The highest BCUT2D eigenvalue weighted by atomic mass is 16.1. The zero-order valence-electron chi connectivity index (χ0n) is 21.2. The largest absolute Gasteiger partial charge is 0.369 e. The van der Waals surface area contributed by atoms with Gasteiger partial charge in [-0.25, -0.2) is 0 Å². The molecule has 6 nitrogen and oxygen atoms in total. The molecule has 1 aliphatic carbocycles. The van der Waals surface area contributed by atoms with Gasteiger partial charge < -0.3 is 20.1 Å². The first-order valence-corrected chi connectivity index (χ1v) is 12.9. The van der Waals surface area contributed by atoms with Crippen molar-refractivity contribution in [3.63, 3.8) is 0 Å². The fourth-order valence-corrected chi connectivity index (χ4v) is 5.91. The Hall–Kier alpha value is -2.60. The molecule has 184 valence electrons. The molecular weight excluding hydrogens is 424 g/mol. The first kappa shape index (κ1) is 24.5. The van der Waals surface area contributed by atoms with Crippen molar-refractivity contribution in [1.82, 2.24) is 15.2 Å². The minimum atomic E-state index is -0.0889. The average Bonchev–Trinajstić information content (AvgIpc) is 2.84. The molecule has 2 heterocycles. The number of H-pyrrole nitrogens is 1. The van der Waals surface area contributed by atoms with E-state index in [0.29, 0.717) is 17.6 Å². The fourth-order valence-electron chi connectivity index (χ4n) is 5.91. The summed E-state index contributed by atoms with van der Waals surface area (Å²) in [6, 6.07) is 9.41. The van der Waals surface area contributed by atoms with Gasteiger partial charge in [-0.15, -0.1) is 0 Å². The van der Waals surface area contributed by atoms with Gasteiger partial charge in [0.2, 0.25) is 0 Å². The van der Waals surface area contributed by atoms with Gasteiger partial charge in [-0.05, 0) is 109 Å². The summed E-state index contributed by atoms with van der Waals surface area (Å²) in [6.07, 6.45) is 8.53. The Labute approximate surface area is 203 Å². The maximum Gasteiger partial charge on any atom is 0.253 e. The Balaban J connectivity index is 1.62. The van der Waals surface area contributed by atoms with E-state index in [9.17, 15) is 9.59 Å². The Morgan fingerprint density at radius 1 is 0.971 bits per heavy atom. The van der Waals surface area contributed by atoms with Crippen molar-refractivity contribution in [3.8, 4) is 0 Å². The van der Waals surface area contributed by atoms with Crippen molar-refractivity contribution < 1.29 is 4.79 Å². The number of hydrogen-bond donors (Lipinski definition) is 2. The summed E-state index contributed by atoms with van der Waals surface area (Å²) in [5.41, 5.74) is 5.66. The number of aryl methyl sites for hydroxylation is 2. The molecule has 2 N–H and O–H groups in total. The minimum Gasteiger partial charge on any atom is -0.369 e. The van der Waals surface area contributed by atoms with E-state index < -0.39 is 0 Å². The van der Waals surface area contributed by atoms with Crippen molar-refractivity contribution >= 4 is 11.6 Å². The van der Waals surface area contributed by atoms with E-state index in [0.717, 1.165) is 54.6 Å². The number of benzene rings is 1. The number of pyridine rings is 1. The predicted octanol–water partition coefficient (Wildman–Crippen LogP) is 4.19. The van der Waals surface area contributed by atoms with E-state index in [1.807, 2.05) is 19.1 Å². The lowest BCUT2D eigenvalue weighted by molar-refractivity contribution is 0.0950. The third kappa shape index (κ3) is 5.22.